The number of fused-ring (bicyclic) bond motifs is 1. The van der Waals surface area contributed by atoms with Crippen molar-refractivity contribution in [2.45, 2.75) is 10.4 Å². The van der Waals surface area contributed by atoms with E-state index in [1.165, 1.54) is 11.8 Å². The normalized spacial score (nSPS) is 11.0. The highest BCUT2D eigenvalue weighted by Crippen LogP contribution is 2.31. The Bertz CT molecular complexity index is 914. The van der Waals surface area contributed by atoms with Crippen LogP contribution in [0, 0.1) is 0 Å². The summed E-state index contributed by atoms with van der Waals surface area (Å²) >= 11 is 1.19. The number of hydrogen-bond donors (Lipinski definition) is 0. The summed E-state index contributed by atoms with van der Waals surface area (Å²) < 4.78 is 16.4. The molecule has 0 saturated carbocycles. The summed E-state index contributed by atoms with van der Waals surface area (Å²) in [6.07, 6.45) is 0. The van der Waals surface area contributed by atoms with Gasteiger partial charge < -0.3 is 13.6 Å². The lowest BCUT2D eigenvalue weighted by molar-refractivity contribution is 0.414. The van der Waals surface area contributed by atoms with Crippen LogP contribution >= 0.6 is 11.8 Å². The topological polar surface area (TPSA) is 74.2 Å². The minimum atomic E-state index is 0.377. The molecule has 0 spiro atoms. The van der Waals surface area contributed by atoms with Gasteiger partial charge in [-0.15, -0.1) is 10.2 Å². The fourth-order valence-corrected chi connectivity index (χ4v) is 2.70. The maximum atomic E-state index is 5.64. The molecule has 114 valence electrons. The highest BCUT2D eigenvalue weighted by molar-refractivity contribution is 7.98. The van der Waals surface area contributed by atoms with Crippen LogP contribution in [0.4, 0.5) is 0 Å². The van der Waals surface area contributed by atoms with E-state index in [1.54, 1.807) is 7.11 Å². The monoisotopic (exact) mass is 325 g/mol. The predicted molar refractivity (Wildman–Crippen MR) is 84.4 cm³/mol. The van der Waals surface area contributed by atoms with Crippen molar-refractivity contribution in [3.05, 3.63) is 48.5 Å². The molecule has 0 radical (unpaired) electrons. The third-order valence-electron chi connectivity index (χ3n) is 3.19. The molecule has 0 amide bonds. The SMILES string of the molecule is COc1ccc(-c2nnc(Sc3nc4ccccc4o3)o2)cc1. The first-order valence-electron chi connectivity index (χ1n) is 6.83. The van der Waals surface area contributed by atoms with E-state index in [9.17, 15) is 0 Å². The average Bonchev–Trinajstić information content (AvgIpc) is 3.21. The smallest absolute Gasteiger partial charge is 0.286 e. The number of oxazole rings is 1. The van der Waals surface area contributed by atoms with Crippen molar-refractivity contribution in [3.63, 3.8) is 0 Å². The van der Waals surface area contributed by atoms with Gasteiger partial charge in [-0.1, -0.05) is 12.1 Å². The Morgan fingerprint density at radius 1 is 0.913 bits per heavy atom. The Kier molecular flexibility index (Phi) is 3.47. The van der Waals surface area contributed by atoms with Crippen LogP contribution in [0.5, 0.6) is 5.75 Å². The first-order chi connectivity index (χ1) is 11.3. The number of methoxy groups -OCH3 is 1. The van der Waals surface area contributed by atoms with Gasteiger partial charge >= 0.3 is 0 Å². The molecule has 0 N–H and O–H groups in total. The van der Waals surface area contributed by atoms with Crippen LogP contribution in [0.1, 0.15) is 0 Å². The molecule has 0 bridgehead atoms. The van der Waals surface area contributed by atoms with Crippen LogP contribution in [-0.2, 0) is 0 Å². The number of ether oxygens (including phenoxy) is 1. The third-order valence-corrected chi connectivity index (χ3v) is 3.88. The van der Waals surface area contributed by atoms with Gasteiger partial charge in [-0.3, -0.25) is 0 Å². The molecule has 23 heavy (non-hydrogen) atoms. The van der Waals surface area contributed by atoms with E-state index in [-0.39, 0.29) is 0 Å². The van der Waals surface area contributed by atoms with Crippen LogP contribution in [0.15, 0.2) is 67.8 Å². The highest BCUT2D eigenvalue weighted by Gasteiger charge is 2.14. The molecule has 0 unspecified atom stereocenters. The maximum absolute atomic E-state index is 5.64. The second kappa shape index (κ2) is 5.77. The lowest BCUT2D eigenvalue weighted by Crippen LogP contribution is -1.82. The Morgan fingerprint density at radius 2 is 1.74 bits per heavy atom. The van der Waals surface area contributed by atoms with E-state index >= 15 is 0 Å². The second-order valence-corrected chi connectivity index (χ2v) is 5.55. The van der Waals surface area contributed by atoms with Crippen LogP contribution in [-0.4, -0.2) is 22.3 Å². The summed E-state index contributed by atoms with van der Waals surface area (Å²) in [6, 6.07) is 15.0. The standard InChI is InChI=1S/C16H11N3O3S/c1-20-11-8-6-10(7-9-11)14-18-19-16(22-14)23-15-17-12-4-2-3-5-13(12)21-15/h2-9H,1H3. The second-order valence-electron chi connectivity index (χ2n) is 4.65. The zero-order chi connectivity index (χ0) is 15.6. The first-order valence-corrected chi connectivity index (χ1v) is 7.65. The Balaban J connectivity index is 1.57. The molecule has 2 aromatic carbocycles. The molecule has 0 aliphatic heterocycles. The van der Waals surface area contributed by atoms with Gasteiger partial charge in [0.15, 0.2) is 5.58 Å². The quantitative estimate of drug-likeness (QED) is 0.560. The number of para-hydroxylation sites is 2. The van der Waals surface area contributed by atoms with Crippen molar-refractivity contribution in [2.75, 3.05) is 7.11 Å². The number of rotatable bonds is 4. The lowest BCUT2D eigenvalue weighted by Gasteiger charge is -1.99. The summed E-state index contributed by atoms with van der Waals surface area (Å²) in [5, 5.41) is 8.91. The Morgan fingerprint density at radius 3 is 2.52 bits per heavy atom. The Hall–Kier alpha value is -2.80. The molecule has 2 aromatic heterocycles. The van der Waals surface area contributed by atoms with Crippen LogP contribution in [0.3, 0.4) is 0 Å². The van der Waals surface area contributed by atoms with Crippen molar-refractivity contribution in [1.29, 1.82) is 0 Å². The van der Waals surface area contributed by atoms with Gasteiger partial charge in [0, 0.05) is 17.3 Å². The fourth-order valence-electron chi connectivity index (χ4n) is 2.07. The molecule has 0 fully saturated rings. The van der Waals surface area contributed by atoms with E-state index in [1.807, 2.05) is 48.5 Å². The van der Waals surface area contributed by atoms with Gasteiger partial charge in [-0.05, 0) is 36.4 Å². The zero-order valence-electron chi connectivity index (χ0n) is 12.1. The molecule has 4 rings (SSSR count). The van der Waals surface area contributed by atoms with E-state index < -0.39 is 0 Å². The van der Waals surface area contributed by atoms with E-state index in [2.05, 4.69) is 15.2 Å². The van der Waals surface area contributed by atoms with Crippen LogP contribution in [0.2, 0.25) is 0 Å². The fraction of sp³-hybridized carbons (Fsp3) is 0.0625. The van der Waals surface area contributed by atoms with Gasteiger partial charge in [-0.2, -0.15) is 0 Å². The minimum Gasteiger partial charge on any atom is -0.497 e. The molecule has 2 heterocycles. The van der Waals surface area contributed by atoms with Crippen molar-refractivity contribution < 1.29 is 13.6 Å². The van der Waals surface area contributed by atoms with Crippen molar-refractivity contribution in [2.24, 2.45) is 0 Å². The summed E-state index contributed by atoms with van der Waals surface area (Å²) in [5.41, 5.74) is 2.34. The summed E-state index contributed by atoms with van der Waals surface area (Å²) in [6.45, 7) is 0. The number of aromatic nitrogens is 3. The van der Waals surface area contributed by atoms with Crippen molar-refractivity contribution in [3.8, 4) is 17.2 Å². The number of nitrogens with zero attached hydrogens (tertiary/aromatic N) is 3. The van der Waals surface area contributed by atoms with Gasteiger partial charge in [0.1, 0.15) is 11.3 Å². The van der Waals surface area contributed by atoms with Gasteiger partial charge in [0.2, 0.25) is 5.89 Å². The number of benzene rings is 2. The van der Waals surface area contributed by atoms with Gasteiger partial charge in [0.05, 0.1) is 7.11 Å². The van der Waals surface area contributed by atoms with Crippen molar-refractivity contribution in [1.82, 2.24) is 15.2 Å². The Labute approximate surface area is 135 Å². The van der Waals surface area contributed by atoms with E-state index in [0.29, 0.717) is 16.3 Å². The van der Waals surface area contributed by atoms with Crippen molar-refractivity contribution >= 4 is 22.9 Å². The zero-order valence-corrected chi connectivity index (χ0v) is 12.9. The lowest BCUT2D eigenvalue weighted by atomic mass is 10.2. The molecule has 0 saturated heterocycles. The predicted octanol–water partition coefficient (Wildman–Crippen LogP) is 4.04. The molecule has 0 aliphatic rings. The van der Waals surface area contributed by atoms with E-state index in [4.69, 9.17) is 13.6 Å². The molecular formula is C16H11N3O3S. The molecule has 0 atom stereocenters. The largest absolute Gasteiger partial charge is 0.497 e. The van der Waals surface area contributed by atoms with Gasteiger partial charge in [-0.25, -0.2) is 4.98 Å². The summed E-state index contributed by atoms with van der Waals surface area (Å²) in [5.74, 6) is 1.21. The maximum Gasteiger partial charge on any atom is 0.286 e. The minimum absolute atomic E-state index is 0.377. The molecule has 6 nitrogen and oxygen atoms in total. The molecule has 4 aromatic rings. The molecule has 0 aliphatic carbocycles. The first kappa shape index (κ1) is 13.8. The average molecular weight is 325 g/mol. The molecule has 7 heteroatoms. The number of hydrogen-bond acceptors (Lipinski definition) is 7. The molecular weight excluding hydrogens is 314 g/mol. The van der Waals surface area contributed by atoms with Crippen LogP contribution in [0.25, 0.3) is 22.6 Å². The summed E-state index contributed by atoms with van der Waals surface area (Å²) in [4.78, 5) is 4.36. The van der Waals surface area contributed by atoms with E-state index in [0.717, 1.165) is 22.4 Å². The highest BCUT2D eigenvalue weighted by atomic mass is 32.2. The van der Waals surface area contributed by atoms with Gasteiger partial charge in [0.25, 0.3) is 10.4 Å². The third kappa shape index (κ3) is 2.78. The van der Waals surface area contributed by atoms with Crippen LogP contribution < -0.4 is 4.74 Å². The summed E-state index contributed by atoms with van der Waals surface area (Å²) in [7, 11) is 1.62.